The van der Waals surface area contributed by atoms with Crippen LogP contribution in [0.2, 0.25) is 0 Å². The number of ketones is 1. The number of carboxylic acid groups (broad SMARTS) is 3. The summed E-state index contributed by atoms with van der Waals surface area (Å²) in [6.07, 6.45) is -11.1. The number of nitrogens with one attached hydrogen (secondary N) is 7. The van der Waals surface area contributed by atoms with Gasteiger partial charge in [0.1, 0.15) is 36.3 Å². The second-order valence-electron chi connectivity index (χ2n) is 17.7. The number of amides is 7. The van der Waals surface area contributed by atoms with Crippen LogP contribution in [0, 0.1) is 18.3 Å². The molecule has 0 aromatic heterocycles. The second-order valence-corrected chi connectivity index (χ2v) is 17.7. The number of hydrogen-bond acceptors (Lipinski definition) is 11. The normalized spacial score (nSPS) is 14.2. The summed E-state index contributed by atoms with van der Waals surface area (Å²) >= 11 is 0. The number of rotatable bonds is 27. The summed E-state index contributed by atoms with van der Waals surface area (Å²) in [4.78, 5) is 141. The quantitative estimate of drug-likeness (QED) is 0.0546. The van der Waals surface area contributed by atoms with Gasteiger partial charge in [-0.2, -0.15) is 13.2 Å². The number of halogens is 3. The van der Waals surface area contributed by atoms with Crippen molar-refractivity contribution in [2.75, 3.05) is 0 Å². The summed E-state index contributed by atoms with van der Waals surface area (Å²) in [5, 5.41) is 43.6. The summed E-state index contributed by atoms with van der Waals surface area (Å²) in [5.74, 6) is -14.5. The maximum atomic E-state index is 14.3. The maximum absolute atomic E-state index is 14.3. The van der Waals surface area contributed by atoms with Crippen molar-refractivity contribution in [3.8, 4) is 0 Å². The van der Waals surface area contributed by atoms with Crippen LogP contribution in [0.4, 0.5) is 13.2 Å². The molecule has 0 spiro atoms. The Morgan fingerprint density at radius 1 is 0.582 bits per heavy atom. The molecule has 21 nitrogen and oxygen atoms in total. The molecule has 1 aromatic rings. The molecule has 24 heteroatoms. The molecule has 67 heavy (non-hydrogen) atoms. The van der Waals surface area contributed by atoms with Gasteiger partial charge in [-0.3, -0.25) is 52.7 Å². The number of carbonyl (C=O) groups excluding carboxylic acids is 8. The van der Waals surface area contributed by atoms with E-state index in [9.17, 15) is 76.1 Å². The van der Waals surface area contributed by atoms with E-state index in [1.807, 2.05) is 5.32 Å². The van der Waals surface area contributed by atoms with Gasteiger partial charge in [0, 0.05) is 25.3 Å². The summed E-state index contributed by atoms with van der Waals surface area (Å²) in [7, 11) is 0. The van der Waals surface area contributed by atoms with Crippen LogP contribution >= 0.6 is 0 Å². The van der Waals surface area contributed by atoms with E-state index in [1.165, 1.54) is 34.6 Å². The molecule has 10 N–H and O–H groups in total. The van der Waals surface area contributed by atoms with E-state index >= 15 is 0 Å². The minimum atomic E-state index is -5.01. The van der Waals surface area contributed by atoms with Crippen molar-refractivity contribution in [1.29, 1.82) is 0 Å². The Labute approximate surface area is 384 Å². The van der Waals surface area contributed by atoms with Gasteiger partial charge in [-0.15, -0.1) is 0 Å². The molecule has 0 heterocycles. The minimum absolute atomic E-state index is 0.192. The van der Waals surface area contributed by atoms with Crippen LogP contribution in [-0.4, -0.2) is 129 Å². The standard InChI is InChI=1S/C43H62F3N7O14/c1-21(2)17-26(37(63)52-29(20-43(44,45)46)34(61)40(66)47-22(3)4)51-41(67)35(42(6,7)8)53-39(65)27(18-24-12-10-9-11-23(24)5)50-36(62)25(13-15-31(55)56)49-38(64)28(19-33(59)60)48-30(54)14-16-32(57)58/h9-12,21-22,25-29,35H,13-20H2,1-8H3,(H,47,66)(H,48,54)(H,49,64)(H,50,62)(H,51,67)(H,52,63)(H,53,65)(H,55,56)(H,57,58)(H,59,60)/t25-,26-,27-,28-,29?,35+/m0/s1. The fraction of sp³-hybridized carbons (Fsp3) is 0.605. The number of hydrogen-bond donors (Lipinski definition) is 10. The molecular formula is C43H62F3N7O14. The lowest BCUT2D eigenvalue weighted by atomic mass is 9.85. The van der Waals surface area contributed by atoms with E-state index in [0.717, 1.165) is 0 Å². The van der Waals surface area contributed by atoms with Crippen molar-refractivity contribution >= 4 is 65.0 Å². The molecule has 0 aliphatic rings. The topological polar surface area (TPSA) is 333 Å². The minimum Gasteiger partial charge on any atom is -0.481 e. The van der Waals surface area contributed by atoms with Crippen molar-refractivity contribution in [1.82, 2.24) is 37.2 Å². The molecule has 1 unspecified atom stereocenters. The van der Waals surface area contributed by atoms with E-state index in [0.29, 0.717) is 11.1 Å². The zero-order chi connectivity index (χ0) is 51.6. The van der Waals surface area contributed by atoms with Crippen LogP contribution in [0.1, 0.15) is 105 Å². The van der Waals surface area contributed by atoms with E-state index in [-0.39, 0.29) is 12.8 Å². The SMILES string of the molecule is Cc1ccccc1C[C@H](NC(=O)[C@H](CCC(=O)O)NC(=O)[C@H](CC(=O)O)NC(=O)CCC(=O)O)C(=O)N[C@H](C(=O)N[C@@H](CC(C)C)C(=O)NC(CC(F)(F)F)C(=O)C(=O)NC(C)C)C(C)(C)C. The molecule has 0 bridgehead atoms. The number of aliphatic carboxylic acids is 3. The average Bonchev–Trinajstić information content (AvgIpc) is 3.18. The molecule has 0 radical (unpaired) electrons. The van der Waals surface area contributed by atoms with Gasteiger partial charge < -0.3 is 52.5 Å². The first kappa shape index (κ1) is 58.4. The fourth-order valence-electron chi connectivity index (χ4n) is 6.30. The predicted molar refractivity (Wildman–Crippen MR) is 230 cm³/mol. The second kappa shape index (κ2) is 26.5. The highest BCUT2D eigenvalue weighted by molar-refractivity contribution is 6.38. The third-order valence-corrected chi connectivity index (χ3v) is 9.66. The van der Waals surface area contributed by atoms with Crippen molar-refractivity contribution in [3.05, 3.63) is 35.4 Å². The van der Waals surface area contributed by atoms with E-state index in [1.54, 1.807) is 45.0 Å². The van der Waals surface area contributed by atoms with Crippen LogP contribution in [0.25, 0.3) is 0 Å². The molecule has 0 saturated carbocycles. The lowest BCUT2D eigenvalue weighted by Gasteiger charge is -2.34. The molecule has 6 atom stereocenters. The van der Waals surface area contributed by atoms with Crippen LogP contribution in [-0.2, 0) is 59.2 Å². The zero-order valence-electron chi connectivity index (χ0n) is 38.6. The molecule has 0 saturated heterocycles. The number of benzene rings is 1. The van der Waals surface area contributed by atoms with Gasteiger partial charge in [0.2, 0.25) is 41.2 Å². The fourth-order valence-corrected chi connectivity index (χ4v) is 6.30. The Bertz CT molecular complexity index is 1990. The van der Waals surface area contributed by atoms with E-state index in [2.05, 4.69) is 31.9 Å². The molecule has 374 valence electrons. The number of Topliss-reactive ketones (excluding diaryl/α,β-unsaturated/α-hetero) is 1. The van der Waals surface area contributed by atoms with Crippen molar-refractivity contribution in [2.45, 2.75) is 155 Å². The number of alkyl halides is 3. The van der Waals surface area contributed by atoms with Crippen LogP contribution in [0.15, 0.2) is 24.3 Å². The predicted octanol–water partition coefficient (Wildman–Crippen LogP) is 0.789. The number of aryl methyl sites for hydroxylation is 1. The van der Waals surface area contributed by atoms with Gasteiger partial charge in [-0.25, -0.2) is 0 Å². The lowest BCUT2D eigenvalue weighted by Crippen LogP contribution is -2.62. The Morgan fingerprint density at radius 2 is 1.09 bits per heavy atom. The first-order valence-corrected chi connectivity index (χ1v) is 21.2. The van der Waals surface area contributed by atoms with E-state index < -0.39 is 163 Å². The Kier molecular flexibility index (Phi) is 23.1. The van der Waals surface area contributed by atoms with Crippen molar-refractivity contribution in [2.24, 2.45) is 11.3 Å². The van der Waals surface area contributed by atoms with E-state index in [4.69, 9.17) is 5.11 Å². The highest BCUT2D eigenvalue weighted by atomic mass is 19.4. The lowest BCUT2D eigenvalue weighted by molar-refractivity contribution is -0.154. The number of carboxylic acids is 3. The van der Waals surface area contributed by atoms with Gasteiger partial charge in [-0.05, 0) is 56.1 Å². The zero-order valence-corrected chi connectivity index (χ0v) is 38.6. The molecule has 0 fully saturated rings. The molecule has 1 rings (SSSR count). The molecular weight excluding hydrogens is 896 g/mol. The Morgan fingerprint density at radius 3 is 1.60 bits per heavy atom. The number of carbonyl (C=O) groups is 11. The molecule has 7 amide bonds. The summed E-state index contributed by atoms with van der Waals surface area (Å²) in [6.45, 7) is 12.4. The first-order chi connectivity index (χ1) is 30.8. The maximum Gasteiger partial charge on any atom is 0.391 e. The smallest absolute Gasteiger partial charge is 0.391 e. The van der Waals surface area contributed by atoms with Gasteiger partial charge >= 0.3 is 24.1 Å². The third-order valence-electron chi connectivity index (χ3n) is 9.66. The molecule has 0 aliphatic heterocycles. The molecule has 0 aliphatic carbocycles. The summed E-state index contributed by atoms with van der Waals surface area (Å²) in [5.41, 5.74) is -0.0711. The van der Waals surface area contributed by atoms with Crippen LogP contribution in [0.3, 0.4) is 0 Å². The Hall–Kier alpha value is -6.62. The summed E-state index contributed by atoms with van der Waals surface area (Å²) < 4.78 is 40.8. The van der Waals surface area contributed by atoms with Crippen LogP contribution < -0.4 is 37.2 Å². The average molecular weight is 958 g/mol. The van der Waals surface area contributed by atoms with Crippen LogP contribution in [0.5, 0.6) is 0 Å². The van der Waals surface area contributed by atoms with Gasteiger partial charge in [0.05, 0.1) is 19.3 Å². The third kappa shape index (κ3) is 22.4. The van der Waals surface area contributed by atoms with Crippen molar-refractivity contribution < 1.29 is 81.2 Å². The van der Waals surface area contributed by atoms with Gasteiger partial charge in [0.15, 0.2) is 0 Å². The largest absolute Gasteiger partial charge is 0.481 e. The summed E-state index contributed by atoms with van der Waals surface area (Å²) in [6, 6.07) is -4.83. The molecule has 1 aromatic carbocycles. The van der Waals surface area contributed by atoms with Gasteiger partial charge in [-0.1, -0.05) is 58.9 Å². The monoisotopic (exact) mass is 957 g/mol. The van der Waals surface area contributed by atoms with Gasteiger partial charge in [0.25, 0.3) is 5.91 Å². The highest BCUT2D eigenvalue weighted by Gasteiger charge is 2.42. The Balaban J connectivity index is 3.64. The van der Waals surface area contributed by atoms with Crippen molar-refractivity contribution in [3.63, 3.8) is 0 Å². The highest BCUT2D eigenvalue weighted by Crippen LogP contribution is 2.24. The first-order valence-electron chi connectivity index (χ1n) is 21.2.